The van der Waals surface area contributed by atoms with Gasteiger partial charge in [-0.15, -0.1) is 0 Å². The minimum absolute atomic E-state index is 0.0310. The van der Waals surface area contributed by atoms with Gasteiger partial charge in [-0.1, -0.05) is 29.8 Å². The minimum atomic E-state index is -3.18. The van der Waals surface area contributed by atoms with E-state index >= 15 is 0 Å². The molecule has 0 spiro atoms. The van der Waals surface area contributed by atoms with E-state index in [0.29, 0.717) is 11.6 Å². The number of sulfone groups is 1. The largest absolute Gasteiger partial charge is 0.390 e. The van der Waals surface area contributed by atoms with Gasteiger partial charge < -0.3 is 5.11 Å². The van der Waals surface area contributed by atoms with Crippen LogP contribution in [0.3, 0.4) is 0 Å². The van der Waals surface area contributed by atoms with E-state index in [1.54, 1.807) is 11.1 Å². The van der Waals surface area contributed by atoms with Crippen LogP contribution in [0, 0.1) is 0 Å². The molecule has 5 nitrogen and oxygen atoms in total. The number of benzene rings is 1. The summed E-state index contributed by atoms with van der Waals surface area (Å²) in [6.07, 6.45) is -0.870. The number of hydrazine groups is 1. The van der Waals surface area contributed by atoms with Crippen molar-refractivity contribution in [3.05, 3.63) is 34.9 Å². The van der Waals surface area contributed by atoms with Crippen LogP contribution in [0.2, 0.25) is 5.02 Å². The maximum Gasteiger partial charge on any atom is 0.154 e. The molecule has 2 rings (SSSR count). The van der Waals surface area contributed by atoms with E-state index in [4.69, 9.17) is 11.6 Å². The first kappa shape index (κ1) is 15.7. The van der Waals surface area contributed by atoms with E-state index in [-0.39, 0.29) is 11.5 Å². The summed E-state index contributed by atoms with van der Waals surface area (Å²) < 4.78 is 23.3. The number of aliphatic hydroxyl groups excluding tert-OH is 1. The molecule has 1 aromatic rings. The van der Waals surface area contributed by atoms with Crippen LogP contribution in [0.5, 0.6) is 0 Å². The van der Waals surface area contributed by atoms with E-state index < -0.39 is 22.0 Å². The normalized spacial score (nSPS) is 25.5. The van der Waals surface area contributed by atoms with Gasteiger partial charge in [-0.25, -0.2) is 18.4 Å². The first-order chi connectivity index (χ1) is 9.30. The number of hydrogen-bond acceptors (Lipinski definition) is 5. The Morgan fingerprint density at radius 2 is 1.95 bits per heavy atom. The Morgan fingerprint density at radius 3 is 2.45 bits per heavy atom. The Hall–Kier alpha value is -0.660. The van der Waals surface area contributed by atoms with E-state index in [9.17, 15) is 13.5 Å². The zero-order valence-electron chi connectivity index (χ0n) is 11.5. The highest BCUT2D eigenvalue weighted by molar-refractivity contribution is 7.91. The monoisotopic (exact) mass is 318 g/mol. The molecule has 1 N–H and O–H groups in total. The van der Waals surface area contributed by atoms with Crippen molar-refractivity contribution in [2.75, 3.05) is 25.6 Å². The average Bonchev–Trinajstić information content (AvgIpc) is 2.61. The van der Waals surface area contributed by atoms with Gasteiger partial charge in [-0.2, -0.15) is 0 Å². The smallest absolute Gasteiger partial charge is 0.154 e. The Labute approximate surface area is 124 Å². The standard InChI is InChI=1S/C13H19ClN2O3S/c1-15(2)16(7-10-5-3-4-6-11(10)14)12-8-20(18,19)9-13(12)17/h3-6,12-13,17H,7-9H2,1-2H3/t12-,13+/m0/s1. The van der Waals surface area contributed by atoms with Crippen molar-refractivity contribution in [2.45, 2.75) is 18.7 Å². The number of rotatable bonds is 4. The Morgan fingerprint density at radius 1 is 1.30 bits per heavy atom. The highest BCUT2D eigenvalue weighted by atomic mass is 35.5. The molecule has 1 fully saturated rings. The zero-order chi connectivity index (χ0) is 14.9. The molecular weight excluding hydrogens is 300 g/mol. The third kappa shape index (κ3) is 3.51. The molecule has 0 aromatic heterocycles. The molecule has 112 valence electrons. The lowest BCUT2D eigenvalue weighted by Gasteiger charge is -2.35. The molecule has 20 heavy (non-hydrogen) atoms. The van der Waals surface area contributed by atoms with Gasteiger partial charge in [0.15, 0.2) is 9.84 Å². The predicted molar refractivity (Wildman–Crippen MR) is 79.1 cm³/mol. The Bertz CT molecular complexity index is 577. The second-order valence-corrected chi connectivity index (χ2v) is 7.81. The van der Waals surface area contributed by atoms with Crippen molar-refractivity contribution in [1.29, 1.82) is 0 Å². The van der Waals surface area contributed by atoms with Crippen molar-refractivity contribution in [3.63, 3.8) is 0 Å². The van der Waals surface area contributed by atoms with E-state index in [0.717, 1.165) is 5.56 Å². The third-order valence-electron chi connectivity index (χ3n) is 3.48. The molecule has 0 saturated carbocycles. The summed E-state index contributed by atoms with van der Waals surface area (Å²) in [5.74, 6) is -0.207. The van der Waals surface area contributed by atoms with Crippen molar-refractivity contribution in [3.8, 4) is 0 Å². The molecule has 1 saturated heterocycles. The predicted octanol–water partition coefficient (Wildman–Crippen LogP) is 0.776. The van der Waals surface area contributed by atoms with Crippen LogP contribution in [0.1, 0.15) is 5.56 Å². The maximum absolute atomic E-state index is 11.7. The third-order valence-corrected chi connectivity index (χ3v) is 5.55. The van der Waals surface area contributed by atoms with Gasteiger partial charge in [-0.3, -0.25) is 0 Å². The number of nitrogens with zero attached hydrogens (tertiary/aromatic N) is 2. The van der Waals surface area contributed by atoms with Gasteiger partial charge in [-0.05, 0) is 11.6 Å². The molecule has 2 atom stereocenters. The molecule has 7 heteroatoms. The molecule has 0 radical (unpaired) electrons. The summed E-state index contributed by atoms with van der Waals surface area (Å²) >= 11 is 6.15. The van der Waals surface area contributed by atoms with Crippen LogP contribution >= 0.6 is 11.6 Å². The van der Waals surface area contributed by atoms with Gasteiger partial charge in [0, 0.05) is 25.7 Å². The fraction of sp³-hybridized carbons (Fsp3) is 0.538. The van der Waals surface area contributed by atoms with E-state index in [2.05, 4.69) is 0 Å². The van der Waals surface area contributed by atoms with Crippen LogP contribution in [0.15, 0.2) is 24.3 Å². The molecule has 0 amide bonds. The lowest BCUT2D eigenvalue weighted by atomic mass is 10.1. The van der Waals surface area contributed by atoms with Crippen molar-refractivity contribution >= 4 is 21.4 Å². The lowest BCUT2D eigenvalue weighted by Crippen LogP contribution is -2.49. The highest BCUT2D eigenvalue weighted by Gasteiger charge is 2.40. The van der Waals surface area contributed by atoms with E-state index in [1.807, 2.05) is 37.3 Å². The fourth-order valence-electron chi connectivity index (χ4n) is 2.45. The van der Waals surface area contributed by atoms with Gasteiger partial charge in [0.2, 0.25) is 0 Å². The minimum Gasteiger partial charge on any atom is -0.390 e. The average molecular weight is 319 g/mol. The maximum atomic E-state index is 11.7. The first-order valence-electron chi connectivity index (χ1n) is 6.36. The molecular formula is C13H19ClN2O3S. The highest BCUT2D eigenvalue weighted by Crippen LogP contribution is 2.24. The summed E-state index contributed by atoms with van der Waals surface area (Å²) in [5, 5.41) is 14.3. The summed E-state index contributed by atoms with van der Waals surface area (Å²) in [5.41, 5.74) is 0.902. The molecule has 0 aliphatic carbocycles. The van der Waals surface area contributed by atoms with Crippen LogP contribution in [0.4, 0.5) is 0 Å². The van der Waals surface area contributed by atoms with Crippen LogP contribution < -0.4 is 0 Å². The van der Waals surface area contributed by atoms with Crippen LogP contribution in [0.25, 0.3) is 0 Å². The second kappa shape index (κ2) is 5.99. The Kier molecular flexibility index (Phi) is 4.71. The lowest BCUT2D eigenvalue weighted by molar-refractivity contribution is -0.0558. The first-order valence-corrected chi connectivity index (χ1v) is 8.56. The van der Waals surface area contributed by atoms with Crippen LogP contribution in [-0.2, 0) is 16.4 Å². The van der Waals surface area contributed by atoms with Gasteiger partial charge in [0.1, 0.15) is 0 Å². The number of halogens is 1. The molecule has 1 aromatic carbocycles. The molecule has 1 aliphatic heterocycles. The quantitative estimate of drug-likeness (QED) is 0.831. The molecule has 0 unspecified atom stereocenters. The van der Waals surface area contributed by atoms with Crippen LogP contribution in [-0.4, -0.2) is 61.3 Å². The second-order valence-electron chi connectivity index (χ2n) is 5.25. The van der Waals surface area contributed by atoms with Gasteiger partial charge >= 0.3 is 0 Å². The molecule has 0 bridgehead atoms. The SMILES string of the molecule is CN(C)N(Cc1ccccc1Cl)[C@H]1CS(=O)(=O)C[C@H]1O. The summed E-state index contributed by atoms with van der Waals surface area (Å²) in [6, 6.07) is 6.99. The summed E-state index contributed by atoms with van der Waals surface area (Å²) in [4.78, 5) is 0. The van der Waals surface area contributed by atoms with Gasteiger partial charge in [0.05, 0.1) is 23.7 Å². The van der Waals surface area contributed by atoms with Crippen molar-refractivity contribution in [2.24, 2.45) is 0 Å². The summed E-state index contributed by atoms with van der Waals surface area (Å²) in [7, 11) is 0.479. The number of hydrogen-bond donors (Lipinski definition) is 1. The fourth-order valence-corrected chi connectivity index (χ4v) is 4.44. The van der Waals surface area contributed by atoms with Crippen molar-refractivity contribution in [1.82, 2.24) is 10.0 Å². The van der Waals surface area contributed by atoms with Crippen molar-refractivity contribution < 1.29 is 13.5 Å². The van der Waals surface area contributed by atoms with Gasteiger partial charge in [0.25, 0.3) is 0 Å². The topological polar surface area (TPSA) is 60.9 Å². The summed E-state index contributed by atoms with van der Waals surface area (Å²) in [6.45, 7) is 0.462. The van der Waals surface area contributed by atoms with E-state index in [1.165, 1.54) is 0 Å². The Balaban J connectivity index is 2.23. The molecule has 1 heterocycles. The molecule has 1 aliphatic rings. The zero-order valence-corrected chi connectivity index (χ0v) is 13.1. The number of aliphatic hydroxyl groups is 1.